The van der Waals surface area contributed by atoms with Crippen LogP contribution >= 0.6 is 11.3 Å². The van der Waals surface area contributed by atoms with Crippen LogP contribution in [0, 0.1) is 0 Å². The summed E-state index contributed by atoms with van der Waals surface area (Å²) in [6.45, 7) is 0. The highest BCUT2D eigenvalue weighted by Gasteiger charge is 2.21. The van der Waals surface area contributed by atoms with Crippen molar-refractivity contribution in [3.05, 3.63) is 133 Å². The zero-order valence-electron chi connectivity index (χ0n) is 22.5. The SMILES string of the molecule is c1cc2cc(-c3c4ccccc4c(-c4ccc5sc6ccccc6c5c4)c4ccccc34)c3cccc4oc(c1)c2c43. The second-order valence-electron chi connectivity index (χ2n) is 11.2. The largest absolute Gasteiger partial charge is 0.456 e. The van der Waals surface area contributed by atoms with E-state index in [1.54, 1.807) is 0 Å². The predicted molar refractivity (Wildman–Crippen MR) is 181 cm³/mol. The van der Waals surface area contributed by atoms with Crippen molar-refractivity contribution in [1.29, 1.82) is 0 Å². The molecule has 194 valence electrons. The molecule has 0 radical (unpaired) electrons. The molecule has 0 aliphatic heterocycles. The molecule has 0 atom stereocenters. The first-order chi connectivity index (χ1) is 20.8. The molecule has 0 aliphatic rings. The van der Waals surface area contributed by atoms with E-state index in [1.807, 2.05) is 11.3 Å². The highest BCUT2D eigenvalue weighted by atomic mass is 32.1. The zero-order chi connectivity index (χ0) is 27.4. The van der Waals surface area contributed by atoms with E-state index in [2.05, 4.69) is 133 Å². The fourth-order valence-corrected chi connectivity index (χ4v) is 8.38. The minimum Gasteiger partial charge on any atom is -0.456 e. The van der Waals surface area contributed by atoms with Crippen molar-refractivity contribution in [2.24, 2.45) is 0 Å². The third-order valence-electron chi connectivity index (χ3n) is 9.01. The maximum Gasteiger partial charge on any atom is 0.136 e. The Bertz CT molecular complexity index is 2630. The van der Waals surface area contributed by atoms with Crippen LogP contribution in [-0.4, -0.2) is 0 Å². The summed E-state index contributed by atoms with van der Waals surface area (Å²) >= 11 is 1.87. The van der Waals surface area contributed by atoms with Gasteiger partial charge in [0, 0.05) is 30.9 Å². The first-order valence-corrected chi connectivity index (χ1v) is 15.2. The van der Waals surface area contributed by atoms with Gasteiger partial charge in [0.1, 0.15) is 11.2 Å². The van der Waals surface area contributed by atoms with Crippen molar-refractivity contribution >= 4 is 85.8 Å². The summed E-state index contributed by atoms with van der Waals surface area (Å²) in [6, 6.07) is 48.9. The van der Waals surface area contributed by atoms with Crippen LogP contribution in [0.4, 0.5) is 0 Å². The number of rotatable bonds is 2. The fourth-order valence-electron chi connectivity index (χ4n) is 7.29. The normalized spacial score (nSPS) is 12.3. The summed E-state index contributed by atoms with van der Waals surface area (Å²) in [5.74, 6) is 0. The number of hydrogen-bond acceptors (Lipinski definition) is 2. The van der Waals surface area contributed by atoms with E-state index in [0.29, 0.717) is 0 Å². The van der Waals surface area contributed by atoms with Crippen molar-refractivity contribution in [3.8, 4) is 22.3 Å². The zero-order valence-corrected chi connectivity index (χ0v) is 23.3. The minimum absolute atomic E-state index is 0.946. The Morgan fingerprint density at radius 3 is 1.76 bits per heavy atom. The van der Waals surface area contributed by atoms with Crippen molar-refractivity contribution in [2.45, 2.75) is 0 Å². The highest BCUT2D eigenvalue weighted by molar-refractivity contribution is 7.25. The van der Waals surface area contributed by atoms with Gasteiger partial charge < -0.3 is 4.42 Å². The van der Waals surface area contributed by atoms with E-state index < -0.39 is 0 Å². The van der Waals surface area contributed by atoms with E-state index in [-0.39, 0.29) is 0 Å². The van der Waals surface area contributed by atoms with Crippen LogP contribution in [0.2, 0.25) is 0 Å². The number of furan rings is 1. The first kappa shape index (κ1) is 22.5. The molecule has 0 N–H and O–H groups in total. The Morgan fingerprint density at radius 1 is 0.405 bits per heavy atom. The van der Waals surface area contributed by atoms with Gasteiger partial charge in [-0.3, -0.25) is 0 Å². The van der Waals surface area contributed by atoms with E-state index in [9.17, 15) is 0 Å². The number of benzene rings is 8. The molecule has 0 spiro atoms. The molecule has 10 rings (SSSR count). The maximum absolute atomic E-state index is 6.32. The van der Waals surface area contributed by atoms with Gasteiger partial charge in [-0.25, -0.2) is 0 Å². The summed E-state index contributed by atoms with van der Waals surface area (Å²) in [5.41, 5.74) is 6.98. The lowest BCUT2D eigenvalue weighted by molar-refractivity contribution is 0.669. The van der Waals surface area contributed by atoms with E-state index in [4.69, 9.17) is 4.42 Å². The molecule has 1 nitrogen and oxygen atoms in total. The third kappa shape index (κ3) is 2.92. The second-order valence-corrected chi connectivity index (χ2v) is 12.3. The molecule has 0 saturated carbocycles. The third-order valence-corrected chi connectivity index (χ3v) is 10.2. The molecule has 2 aromatic heterocycles. The summed E-state index contributed by atoms with van der Waals surface area (Å²) in [4.78, 5) is 0. The van der Waals surface area contributed by atoms with Crippen LogP contribution in [0.5, 0.6) is 0 Å². The van der Waals surface area contributed by atoms with E-state index >= 15 is 0 Å². The molecule has 8 aromatic carbocycles. The lowest BCUT2D eigenvalue weighted by atomic mass is 9.83. The van der Waals surface area contributed by atoms with Gasteiger partial charge in [-0.1, -0.05) is 97.1 Å². The topological polar surface area (TPSA) is 13.1 Å². The lowest BCUT2D eigenvalue weighted by Gasteiger charge is -2.19. The molecule has 0 saturated heterocycles. The highest BCUT2D eigenvalue weighted by Crippen LogP contribution is 2.49. The van der Waals surface area contributed by atoms with Gasteiger partial charge in [0.2, 0.25) is 0 Å². The Balaban J connectivity index is 1.37. The van der Waals surface area contributed by atoms with Gasteiger partial charge in [-0.05, 0) is 91.0 Å². The summed E-state index contributed by atoms with van der Waals surface area (Å²) in [7, 11) is 0. The van der Waals surface area contributed by atoms with E-state index in [0.717, 1.165) is 11.2 Å². The number of hydrogen-bond donors (Lipinski definition) is 0. The molecular weight excluding hydrogens is 529 g/mol. The quantitative estimate of drug-likeness (QED) is 0.154. The van der Waals surface area contributed by atoms with Gasteiger partial charge in [0.05, 0.1) is 0 Å². The Kier molecular flexibility index (Phi) is 4.39. The molecule has 0 aliphatic carbocycles. The average Bonchev–Trinajstić information content (AvgIpc) is 3.61. The fraction of sp³-hybridized carbons (Fsp3) is 0. The smallest absolute Gasteiger partial charge is 0.136 e. The molecule has 2 heteroatoms. The summed E-state index contributed by atoms with van der Waals surface area (Å²) < 4.78 is 8.98. The minimum atomic E-state index is 0.946. The standard InChI is InChI=1S/C40H22OS/c1-3-13-28-26(11-1)37(24-19-20-36-31(21-24)25-10-5-6-18-35(25)42-36)27-12-2-4-14-29(27)39(28)32-22-23-9-7-16-33-38(23)40-30(32)15-8-17-34(40)41-33/h1-22H. The van der Waals surface area contributed by atoms with Crippen molar-refractivity contribution in [2.75, 3.05) is 0 Å². The van der Waals surface area contributed by atoms with Crippen molar-refractivity contribution in [3.63, 3.8) is 0 Å². The Labute approximate surface area is 245 Å². The molecule has 0 unspecified atom stereocenters. The molecule has 2 heterocycles. The van der Waals surface area contributed by atoms with Gasteiger partial charge in [0.25, 0.3) is 0 Å². The second kappa shape index (κ2) is 8.19. The average molecular weight is 551 g/mol. The van der Waals surface area contributed by atoms with Crippen LogP contribution in [0.15, 0.2) is 138 Å². The summed E-state index contributed by atoms with van der Waals surface area (Å²) in [6.07, 6.45) is 0. The molecule has 0 amide bonds. The monoisotopic (exact) mass is 550 g/mol. The molecule has 42 heavy (non-hydrogen) atoms. The van der Waals surface area contributed by atoms with Crippen molar-refractivity contribution < 1.29 is 4.42 Å². The first-order valence-electron chi connectivity index (χ1n) is 14.4. The van der Waals surface area contributed by atoms with Crippen LogP contribution < -0.4 is 0 Å². The molecular formula is C40H22OS. The van der Waals surface area contributed by atoms with Crippen LogP contribution in [-0.2, 0) is 0 Å². The molecule has 10 aromatic rings. The Hall–Kier alpha value is -5.18. The molecule has 0 bridgehead atoms. The van der Waals surface area contributed by atoms with Gasteiger partial charge in [-0.2, -0.15) is 0 Å². The van der Waals surface area contributed by atoms with Crippen LogP contribution in [0.3, 0.4) is 0 Å². The molecule has 0 fully saturated rings. The van der Waals surface area contributed by atoms with Gasteiger partial charge in [-0.15, -0.1) is 11.3 Å². The van der Waals surface area contributed by atoms with Gasteiger partial charge in [0.15, 0.2) is 0 Å². The maximum atomic E-state index is 6.32. The summed E-state index contributed by atoms with van der Waals surface area (Å²) in [5, 5.41) is 12.6. The number of thiophene rings is 1. The number of fused-ring (bicyclic) bond motifs is 5. The van der Waals surface area contributed by atoms with Crippen LogP contribution in [0.25, 0.3) is 96.7 Å². The van der Waals surface area contributed by atoms with Crippen molar-refractivity contribution in [1.82, 2.24) is 0 Å². The lowest BCUT2D eigenvalue weighted by Crippen LogP contribution is -1.92. The Morgan fingerprint density at radius 2 is 1.00 bits per heavy atom. The van der Waals surface area contributed by atoms with Crippen LogP contribution in [0.1, 0.15) is 0 Å². The predicted octanol–water partition coefficient (Wildman–Crippen LogP) is 12.2. The van der Waals surface area contributed by atoms with E-state index in [1.165, 1.54) is 85.5 Å². The van der Waals surface area contributed by atoms with Gasteiger partial charge >= 0.3 is 0 Å².